The highest BCUT2D eigenvalue weighted by Crippen LogP contribution is 2.29. The minimum atomic E-state index is -0.351. The number of nitrogens with zero attached hydrogens (tertiary/aromatic N) is 3. The first-order chi connectivity index (χ1) is 16.2. The summed E-state index contributed by atoms with van der Waals surface area (Å²) in [6.45, 7) is 1.96. The zero-order valence-corrected chi connectivity index (χ0v) is 19.0. The molecule has 3 aromatic carbocycles. The van der Waals surface area contributed by atoms with Gasteiger partial charge in [0.15, 0.2) is 5.82 Å². The Bertz CT molecular complexity index is 1150. The van der Waals surface area contributed by atoms with Gasteiger partial charge in [-0.05, 0) is 39.1 Å². The molecule has 1 amide bonds. The van der Waals surface area contributed by atoms with Crippen molar-refractivity contribution in [1.29, 1.82) is 0 Å². The largest absolute Gasteiger partial charge is 0.354 e. The molecule has 8 heteroatoms. The lowest BCUT2D eigenvalue weighted by Crippen LogP contribution is -2.37. The van der Waals surface area contributed by atoms with Crippen LogP contribution < -0.4 is 10.6 Å². The molecule has 3 N–H and O–H groups in total. The molecule has 0 saturated heterocycles. The normalized spacial score (nSPS) is 11.8. The van der Waals surface area contributed by atoms with E-state index in [1.807, 2.05) is 48.5 Å². The Morgan fingerprint density at radius 2 is 1.61 bits per heavy atom. The Morgan fingerprint density at radius 1 is 0.879 bits per heavy atom. The van der Waals surface area contributed by atoms with Crippen molar-refractivity contribution in [3.8, 4) is 22.5 Å². The van der Waals surface area contributed by atoms with Crippen LogP contribution in [0.5, 0.6) is 0 Å². The van der Waals surface area contributed by atoms with Gasteiger partial charge >= 0.3 is 0 Å². The number of tetrazole rings is 1. The second-order valence-electron chi connectivity index (χ2n) is 7.67. The Morgan fingerprint density at radius 3 is 2.33 bits per heavy atom. The van der Waals surface area contributed by atoms with Gasteiger partial charge in [-0.3, -0.25) is 4.79 Å². The molecule has 7 nitrogen and oxygen atoms in total. The van der Waals surface area contributed by atoms with Gasteiger partial charge in [0.2, 0.25) is 5.91 Å². The van der Waals surface area contributed by atoms with E-state index in [0.29, 0.717) is 25.3 Å². The van der Waals surface area contributed by atoms with Gasteiger partial charge in [0.05, 0.1) is 5.25 Å². The molecule has 4 rings (SSSR count). The van der Waals surface area contributed by atoms with Crippen LogP contribution in [0.2, 0.25) is 0 Å². The van der Waals surface area contributed by atoms with Gasteiger partial charge in [-0.2, -0.15) is 12.6 Å². The van der Waals surface area contributed by atoms with Crippen LogP contribution in [0.1, 0.15) is 11.1 Å². The molecule has 0 bridgehead atoms. The lowest BCUT2D eigenvalue weighted by Gasteiger charge is -2.12. The molecule has 0 aliphatic carbocycles. The number of nitrogens with one attached hydrogen (secondary N) is 3. The Balaban J connectivity index is 1.23. The maximum absolute atomic E-state index is 12.2. The summed E-state index contributed by atoms with van der Waals surface area (Å²) in [5.74, 6) is 0.597. The van der Waals surface area contributed by atoms with E-state index in [2.05, 4.69) is 74.2 Å². The Labute approximate surface area is 198 Å². The van der Waals surface area contributed by atoms with Crippen molar-refractivity contribution in [3.05, 3.63) is 90.0 Å². The lowest BCUT2D eigenvalue weighted by atomic mass is 9.98. The summed E-state index contributed by atoms with van der Waals surface area (Å²) in [6, 6.07) is 26.3. The monoisotopic (exact) mass is 458 g/mol. The van der Waals surface area contributed by atoms with Crippen LogP contribution in [0.4, 0.5) is 0 Å². The highest BCUT2D eigenvalue weighted by molar-refractivity contribution is 7.81. The summed E-state index contributed by atoms with van der Waals surface area (Å²) in [4.78, 5) is 12.2. The molecule has 0 radical (unpaired) electrons. The SMILES string of the molecule is O=C(NCCNCc1ccc(-c2ccccc2-c2nnn[nH]2)cc1)[C@@H](S)Cc1ccccc1. The molecule has 0 unspecified atom stereocenters. The van der Waals surface area contributed by atoms with Crippen molar-refractivity contribution in [2.75, 3.05) is 13.1 Å². The van der Waals surface area contributed by atoms with Crippen molar-refractivity contribution < 1.29 is 4.79 Å². The van der Waals surface area contributed by atoms with Crippen LogP contribution in [-0.2, 0) is 17.8 Å². The molecule has 0 aliphatic heterocycles. The average molecular weight is 459 g/mol. The summed E-state index contributed by atoms with van der Waals surface area (Å²) < 4.78 is 0. The number of amides is 1. The number of H-pyrrole nitrogens is 1. The van der Waals surface area contributed by atoms with E-state index in [-0.39, 0.29) is 11.2 Å². The summed E-state index contributed by atoms with van der Waals surface area (Å²) in [7, 11) is 0. The fraction of sp³-hybridized carbons (Fsp3) is 0.200. The molecule has 1 aromatic heterocycles. The van der Waals surface area contributed by atoms with Crippen molar-refractivity contribution in [1.82, 2.24) is 31.3 Å². The summed E-state index contributed by atoms with van der Waals surface area (Å²) in [5, 5.41) is 20.2. The number of aromatic nitrogens is 4. The zero-order valence-electron chi connectivity index (χ0n) is 18.1. The van der Waals surface area contributed by atoms with E-state index in [4.69, 9.17) is 0 Å². The molecule has 168 valence electrons. The summed E-state index contributed by atoms with van der Waals surface area (Å²) >= 11 is 4.44. The molecule has 33 heavy (non-hydrogen) atoms. The van der Waals surface area contributed by atoms with Crippen LogP contribution in [0.15, 0.2) is 78.9 Å². The maximum Gasteiger partial charge on any atom is 0.233 e. The molecule has 4 aromatic rings. The fourth-order valence-corrected chi connectivity index (χ4v) is 3.87. The molecular formula is C25H26N6OS. The smallest absolute Gasteiger partial charge is 0.233 e. The molecule has 0 aliphatic rings. The molecule has 0 fully saturated rings. The van der Waals surface area contributed by atoms with E-state index >= 15 is 0 Å². The minimum Gasteiger partial charge on any atom is -0.354 e. The van der Waals surface area contributed by atoms with Crippen LogP contribution in [-0.4, -0.2) is 44.9 Å². The van der Waals surface area contributed by atoms with Gasteiger partial charge in [-0.1, -0.05) is 78.9 Å². The third kappa shape index (κ3) is 6.27. The van der Waals surface area contributed by atoms with Crippen LogP contribution in [0, 0.1) is 0 Å². The molecule has 0 spiro atoms. The van der Waals surface area contributed by atoms with Gasteiger partial charge in [-0.25, -0.2) is 5.10 Å². The molecular weight excluding hydrogens is 432 g/mol. The minimum absolute atomic E-state index is 0.0473. The van der Waals surface area contributed by atoms with Crippen molar-refractivity contribution in [2.45, 2.75) is 18.2 Å². The maximum atomic E-state index is 12.2. The third-order valence-electron chi connectivity index (χ3n) is 5.30. The van der Waals surface area contributed by atoms with Gasteiger partial charge in [0, 0.05) is 25.2 Å². The number of carbonyl (C=O) groups excluding carboxylic acids is 1. The second-order valence-corrected chi connectivity index (χ2v) is 8.29. The van der Waals surface area contributed by atoms with E-state index in [1.54, 1.807) is 0 Å². The van der Waals surface area contributed by atoms with Gasteiger partial charge < -0.3 is 10.6 Å². The zero-order chi connectivity index (χ0) is 22.9. The quantitative estimate of drug-likeness (QED) is 0.216. The molecule has 1 atom stereocenters. The predicted octanol–water partition coefficient (Wildman–Crippen LogP) is 3.28. The summed E-state index contributed by atoms with van der Waals surface area (Å²) in [6.07, 6.45) is 0.617. The lowest BCUT2D eigenvalue weighted by molar-refractivity contribution is -0.120. The third-order valence-corrected chi connectivity index (χ3v) is 5.71. The van der Waals surface area contributed by atoms with Crippen LogP contribution in [0.3, 0.4) is 0 Å². The Hall–Kier alpha value is -3.49. The number of benzene rings is 3. The number of hydrogen-bond acceptors (Lipinski definition) is 6. The van der Waals surface area contributed by atoms with Gasteiger partial charge in [-0.15, -0.1) is 5.10 Å². The fourth-order valence-electron chi connectivity index (χ4n) is 3.57. The number of hydrogen-bond donors (Lipinski definition) is 4. The highest BCUT2D eigenvalue weighted by atomic mass is 32.1. The van der Waals surface area contributed by atoms with E-state index in [0.717, 1.165) is 28.8 Å². The first kappa shape index (κ1) is 22.7. The van der Waals surface area contributed by atoms with E-state index in [9.17, 15) is 4.79 Å². The van der Waals surface area contributed by atoms with Gasteiger partial charge in [0.25, 0.3) is 0 Å². The topological polar surface area (TPSA) is 95.6 Å². The predicted molar refractivity (Wildman–Crippen MR) is 133 cm³/mol. The standard InChI is InChI=1S/C25H26N6OS/c32-25(23(33)16-18-6-2-1-3-7-18)27-15-14-26-17-19-10-12-20(13-11-19)21-8-4-5-9-22(21)24-28-30-31-29-24/h1-13,23,26,33H,14-17H2,(H,27,32)(H,28,29,30,31)/t23-/m0/s1. The average Bonchev–Trinajstić information content (AvgIpc) is 3.40. The Kier molecular flexibility index (Phi) is 7.84. The first-order valence-electron chi connectivity index (χ1n) is 10.8. The number of carbonyl (C=O) groups is 1. The first-order valence-corrected chi connectivity index (χ1v) is 11.4. The van der Waals surface area contributed by atoms with Crippen molar-refractivity contribution in [2.24, 2.45) is 0 Å². The van der Waals surface area contributed by atoms with Crippen molar-refractivity contribution in [3.63, 3.8) is 0 Å². The highest BCUT2D eigenvalue weighted by Gasteiger charge is 2.13. The molecule has 0 saturated carbocycles. The van der Waals surface area contributed by atoms with E-state index in [1.165, 1.54) is 5.56 Å². The van der Waals surface area contributed by atoms with Crippen LogP contribution in [0.25, 0.3) is 22.5 Å². The van der Waals surface area contributed by atoms with Gasteiger partial charge in [0.1, 0.15) is 0 Å². The molecule has 1 heterocycles. The number of thiol groups is 1. The number of aromatic amines is 1. The summed E-state index contributed by atoms with van der Waals surface area (Å²) in [5.41, 5.74) is 5.39. The number of rotatable bonds is 10. The van der Waals surface area contributed by atoms with Crippen LogP contribution >= 0.6 is 12.6 Å². The van der Waals surface area contributed by atoms with Crippen molar-refractivity contribution >= 4 is 18.5 Å². The second kappa shape index (κ2) is 11.4. The van der Waals surface area contributed by atoms with E-state index < -0.39 is 0 Å².